The second-order valence-electron chi connectivity index (χ2n) is 7.17. The number of amidine groups is 1. The van der Waals surface area contributed by atoms with Crippen LogP contribution in [0.5, 0.6) is 5.75 Å². The summed E-state index contributed by atoms with van der Waals surface area (Å²) in [4.78, 5) is 35.1. The smallest absolute Gasteiger partial charge is 0.349 e. The predicted molar refractivity (Wildman–Crippen MR) is 121 cm³/mol. The van der Waals surface area contributed by atoms with E-state index in [0.717, 1.165) is 11.3 Å². The third kappa shape index (κ3) is 4.64. The molecule has 0 saturated carbocycles. The molecule has 0 radical (unpaired) electrons. The minimum atomic E-state index is -0.767. The van der Waals surface area contributed by atoms with Gasteiger partial charge in [0.15, 0.2) is 0 Å². The number of urea groups is 2. The zero-order chi connectivity index (χ0) is 22.5. The van der Waals surface area contributed by atoms with Crippen LogP contribution >= 0.6 is 0 Å². The number of carbonyl (C=O) groups excluding carboxylic acids is 2. The van der Waals surface area contributed by atoms with E-state index in [9.17, 15) is 14.0 Å². The maximum absolute atomic E-state index is 13.9. The molecule has 1 atom stereocenters. The van der Waals surface area contributed by atoms with Crippen LogP contribution in [0.15, 0.2) is 82.8 Å². The van der Waals surface area contributed by atoms with Crippen LogP contribution in [0.4, 0.5) is 19.7 Å². The van der Waals surface area contributed by atoms with Crippen molar-refractivity contribution in [2.24, 2.45) is 15.9 Å². The van der Waals surface area contributed by atoms with Crippen LogP contribution in [0, 0.1) is 11.7 Å². The van der Waals surface area contributed by atoms with Gasteiger partial charge in [-0.15, -0.1) is 0 Å². The zero-order valence-electron chi connectivity index (χ0n) is 17.4. The van der Waals surface area contributed by atoms with Crippen molar-refractivity contribution in [3.63, 3.8) is 0 Å². The Balaban J connectivity index is 1.59. The van der Waals surface area contributed by atoms with Gasteiger partial charge >= 0.3 is 12.1 Å². The first-order chi connectivity index (χ1) is 15.5. The van der Waals surface area contributed by atoms with Crippen LogP contribution in [0.3, 0.4) is 0 Å². The minimum absolute atomic E-state index is 0.0155. The first kappa shape index (κ1) is 21.2. The monoisotopic (exact) mass is 432 g/mol. The number of ether oxygens (including phenoxy) is 1. The van der Waals surface area contributed by atoms with E-state index in [2.05, 4.69) is 15.3 Å². The number of amides is 4. The van der Waals surface area contributed by atoms with Crippen molar-refractivity contribution in [2.75, 3.05) is 19.0 Å². The maximum Gasteiger partial charge on any atom is 0.349 e. The van der Waals surface area contributed by atoms with Crippen molar-refractivity contribution < 1.29 is 18.7 Å². The van der Waals surface area contributed by atoms with Gasteiger partial charge in [0.1, 0.15) is 17.4 Å². The molecular formula is C24H21FN4O3. The van der Waals surface area contributed by atoms with Gasteiger partial charge in [0.2, 0.25) is 0 Å². The van der Waals surface area contributed by atoms with Gasteiger partial charge in [-0.2, -0.15) is 9.98 Å². The highest BCUT2D eigenvalue weighted by atomic mass is 19.1. The Kier molecular flexibility index (Phi) is 6.21. The van der Waals surface area contributed by atoms with Crippen LogP contribution in [0.1, 0.15) is 5.56 Å². The Morgan fingerprint density at radius 1 is 1.19 bits per heavy atom. The highest BCUT2D eigenvalue weighted by molar-refractivity contribution is 6.24. The van der Waals surface area contributed by atoms with Gasteiger partial charge in [0.25, 0.3) is 0 Å². The number of carbonyl (C=O) groups is 2. The lowest BCUT2D eigenvalue weighted by atomic mass is 9.94. The number of para-hydroxylation sites is 1. The van der Waals surface area contributed by atoms with Gasteiger partial charge in [-0.05, 0) is 42.3 Å². The SMILES string of the molecule is COc1ccc(CCN2C(=O)N=C3C=CC=CC3/C2=N/C(=O)Nc2ccccc2F)cc1. The van der Waals surface area contributed by atoms with Crippen molar-refractivity contribution in [3.05, 3.63) is 84.2 Å². The second-order valence-corrected chi connectivity index (χ2v) is 7.17. The number of nitrogens with one attached hydrogen (secondary N) is 1. The number of rotatable bonds is 5. The quantitative estimate of drug-likeness (QED) is 0.748. The second kappa shape index (κ2) is 9.38. The summed E-state index contributed by atoms with van der Waals surface area (Å²) >= 11 is 0. The lowest BCUT2D eigenvalue weighted by Gasteiger charge is -2.31. The van der Waals surface area contributed by atoms with E-state index in [1.54, 1.807) is 25.3 Å². The molecule has 0 bridgehead atoms. The lowest BCUT2D eigenvalue weighted by molar-refractivity contribution is 0.228. The fraction of sp³-hybridized carbons (Fsp3) is 0.167. The van der Waals surface area contributed by atoms with Crippen LogP contribution < -0.4 is 10.1 Å². The van der Waals surface area contributed by atoms with Gasteiger partial charge in [-0.1, -0.05) is 42.5 Å². The fourth-order valence-corrected chi connectivity index (χ4v) is 3.48. The number of nitrogens with zero attached hydrogens (tertiary/aromatic N) is 3. The molecule has 32 heavy (non-hydrogen) atoms. The summed E-state index contributed by atoms with van der Waals surface area (Å²) in [6.45, 7) is 0.280. The normalized spacial score (nSPS) is 18.4. The van der Waals surface area contributed by atoms with Gasteiger partial charge < -0.3 is 10.1 Å². The largest absolute Gasteiger partial charge is 0.497 e. The Labute approximate surface area is 184 Å². The molecule has 1 heterocycles. The molecule has 162 valence electrons. The van der Waals surface area contributed by atoms with E-state index in [-0.39, 0.29) is 18.1 Å². The number of methoxy groups -OCH3 is 1. The molecule has 7 nitrogen and oxygen atoms in total. The van der Waals surface area contributed by atoms with E-state index in [1.807, 2.05) is 36.4 Å². The topological polar surface area (TPSA) is 83.4 Å². The maximum atomic E-state index is 13.9. The number of benzene rings is 2. The van der Waals surface area contributed by atoms with Crippen LogP contribution in [0.25, 0.3) is 0 Å². The molecule has 2 aromatic rings. The molecule has 1 unspecified atom stereocenters. The molecule has 0 saturated heterocycles. The van der Waals surface area contributed by atoms with E-state index < -0.39 is 23.8 Å². The van der Waals surface area contributed by atoms with Gasteiger partial charge in [0.05, 0.1) is 24.4 Å². The Morgan fingerprint density at radius 2 is 1.97 bits per heavy atom. The summed E-state index contributed by atoms with van der Waals surface area (Å²) in [5.74, 6) is -0.0222. The highest BCUT2D eigenvalue weighted by Gasteiger charge is 2.34. The standard InChI is InChI=1S/C24H21FN4O3/c1-32-17-12-10-16(11-13-17)14-15-29-22(18-6-2-4-8-20(18)27-24(29)31)28-23(30)26-21-9-5-3-7-19(21)25/h2-13,18H,14-15H2,1H3,(H,26,30)/b28-22-. The van der Waals surface area contributed by atoms with Crippen molar-refractivity contribution in [2.45, 2.75) is 6.42 Å². The number of anilines is 1. The summed E-state index contributed by atoms with van der Waals surface area (Å²) in [6, 6.07) is 12.1. The van der Waals surface area contributed by atoms with Crippen LogP contribution in [-0.4, -0.2) is 42.2 Å². The average molecular weight is 432 g/mol. The number of halogens is 1. The summed E-state index contributed by atoms with van der Waals surface area (Å²) in [5.41, 5.74) is 1.51. The minimum Gasteiger partial charge on any atom is -0.497 e. The summed E-state index contributed by atoms with van der Waals surface area (Å²) in [7, 11) is 1.60. The first-order valence-corrected chi connectivity index (χ1v) is 10.1. The van der Waals surface area contributed by atoms with Crippen molar-refractivity contribution in [1.82, 2.24) is 4.90 Å². The molecule has 1 N–H and O–H groups in total. The van der Waals surface area contributed by atoms with Crippen molar-refractivity contribution in [3.8, 4) is 5.75 Å². The van der Waals surface area contributed by atoms with Crippen molar-refractivity contribution >= 4 is 29.3 Å². The van der Waals surface area contributed by atoms with Gasteiger partial charge in [0, 0.05) is 6.54 Å². The fourth-order valence-electron chi connectivity index (χ4n) is 3.48. The van der Waals surface area contributed by atoms with Gasteiger partial charge in [-0.25, -0.2) is 14.0 Å². The van der Waals surface area contributed by atoms with E-state index in [1.165, 1.54) is 23.1 Å². The summed E-state index contributed by atoms with van der Waals surface area (Å²) in [5, 5.41) is 2.44. The number of fused-ring (bicyclic) bond motifs is 1. The molecule has 0 spiro atoms. The molecule has 2 aliphatic rings. The van der Waals surface area contributed by atoms with E-state index >= 15 is 0 Å². The van der Waals surface area contributed by atoms with Crippen LogP contribution in [-0.2, 0) is 6.42 Å². The number of allylic oxidation sites excluding steroid dienone is 3. The van der Waals surface area contributed by atoms with Gasteiger partial charge in [-0.3, -0.25) is 4.90 Å². The molecular weight excluding hydrogens is 411 g/mol. The lowest BCUT2D eigenvalue weighted by Crippen LogP contribution is -2.47. The third-order valence-electron chi connectivity index (χ3n) is 5.13. The summed E-state index contributed by atoms with van der Waals surface area (Å²) in [6.07, 6.45) is 7.65. The number of hydrogen-bond donors (Lipinski definition) is 1. The predicted octanol–water partition coefficient (Wildman–Crippen LogP) is 4.63. The zero-order valence-corrected chi connectivity index (χ0v) is 17.4. The Hall–Kier alpha value is -4.07. The molecule has 0 fully saturated rings. The molecule has 0 aromatic heterocycles. The molecule has 8 heteroatoms. The Bertz CT molecular complexity index is 1150. The van der Waals surface area contributed by atoms with Crippen LogP contribution in [0.2, 0.25) is 0 Å². The third-order valence-corrected chi connectivity index (χ3v) is 5.13. The molecule has 4 rings (SSSR count). The first-order valence-electron chi connectivity index (χ1n) is 10.1. The summed E-state index contributed by atoms with van der Waals surface area (Å²) < 4.78 is 19.1. The molecule has 1 aliphatic heterocycles. The molecule has 4 amide bonds. The Morgan fingerprint density at radius 3 is 2.72 bits per heavy atom. The molecule has 2 aromatic carbocycles. The average Bonchev–Trinajstić information content (AvgIpc) is 2.80. The van der Waals surface area contributed by atoms with E-state index in [0.29, 0.717) is 12.1 Å². The number of hydrogen-bond acceptors (Lipinski definition) is 3. The highest BCUT2D eigenvalue weighted by Crippen LogP contribution is 2.22. The molecule has 1 aliphatic carbocycles. The van der Waals surface area contributed by atoms with E-state index in [4.69, 9.17) is 4.74 Å². The van der Waals surface area contributed by atoms with Crippen molar-refractivity contribution in [1.29, 1.82) is 0 Å². The number of aliphatic imine (C=N–C) groups is 2.